The van der Waals surface area contributed by atoms with E-state index in [1.54, 1.807) is 44.0 Å². The van der Waals surface area contributed by atoms with Gasteiger partial charge in [-0.05, 0) is 32.4 Å². The van der Waals surface area contributed by atoms with E-state index in [1.807, 2.05) is 0 Å². The molecular weight excluding hydrogens is 290 g/mol. The summed E-state index contributed by atoms with van der Waals surface area (Å²) >= 11 is 0. The van der Waals surface area contributed by atoms with Crippen LogP contribution >= 0.6 is 0 Å². The summed E-state index contributed by atoms with van der Waals surface area (Å²) in [6, 6.07) is 6.08. The third-order valence-corrected chi connectivity index (χ3v) is 5.04. The van der Waals surface area contributed by atoms with Gasteiger partial charge in [-0.2, -0.15) is 0 Å². The Balaban J connectivity index is 2.28. The molecule has 7 heteroatoms. The summed E-state index contributed by atoms with van der Waals surface area (Å²) in [5.74, 6) is -0.0148. The van der Waals surface area contributed by atoms with Gasteiger partial charge in [0.25, 0.3) is 0 Å². The fourth-order valence-corrected chi connectivity index (χ4v) is 3.76. The first kappa shape index (κ1) is 15.8. The summed E-state index contributed by atoms with van der Waals surface area (Å²) in [7, 11) is -1.86. The molecule has 1 aliphatic heterocycles. The highest BCUT2D eigenvalue weighted by Gasteiger charge is 2.30. The third kappa shape index (κ3) is 3.54. The van der Waals surface area contributed by atoms with Gasteiger partial charge >= 0.3 is 0 Å². The van der Waals surface area contributed by atoms with Gasteiger partial charge in [0.1, 0.15) is 10.9 Å². The Hall–Kier alpha value is -1.60. The second-order valence-corrected chi connectivity index (χ2v) is 7.20. The van der Waals surface area contributed by atoms with Crippen LogP contribution in [0.1, 0.15) is 20.3 Å². The van der Waals surface area contributed by atoms with Gasteiger partial charge in [0.05, 0.1) is 5.69 Å². The summed E-state index contributed by atoms with van der Waals surface area (Å²) in [5, 5.41) is 3.06. The molecule has 0 spiro atoms. The Bertz CT molecular complexity index is 628. The maximum Gasteiger partial charge on any atom is 0.244 e. The zero-order valence-corrected chi connectivity index (χ0v) is 13.3. The normalized spacial score (nSPS) is 19.3. The van der Waals surface area contributed by atoms with Gasteiger partial charge < -0.3 is 10.2 Å². The number of para-hydroxylation sites is 1. The van der Waals surface area contributed by atoms with Crippen LogP contribution in [0.3, 0.4) is 0 Å². The van der Waals surface area contributed by atoms with Crippen LogP contribution in [0.5, 0.6) is 0 Å². The van der Waals surface area contributed by atoms with Crippen LogP contribution in [0.2, 0.25) is 0 Å². The smallest absolute Gasteiger partial charge is 0.244 e. The van der Waals surface area contributed by atoms with Gasteiger partial charge in [-0.25, -0.2) is 13.1 Å². The molecule has 0 aliphatic carbocycles. The van der Waals surface area contributed by atoms with E-state index in [4.69, 9.17) is 0 Å². The molecular formula is C14H21N3O3S. The Morgan fingerprint density at radius 2 is 1.95 bits per heavy atom. The minimum Gasteiger partial charge on any atom is -0.373 e. The van der Waals surface area contributed by atoms with E-state index < -0.39 is 10.0 Å². The number of anilines is 1. The molecule has 0 saturated carbocycles. The van der Waals surface area contributed by atoms with Crippen molar-refractivity contribution in [1.82, 2.24) is 9.62 Å². The predicted octanol–water partition coefficient (Wildman–Crippen LogP) is 1.02. The summed E-state index contributed by atoms with van der Waals surface area (Å²) in [6.07, 6.45) is 0.668. The van der Waals surface area contributed by atoms with Crippen molar-refractivity contribution in [2.45, 2.75) is 37.2 Å². The first-order valence-corrected chi connectivity index (χ1v) is 8.42. The van der Waals surface area contributed by atoms with Crippen molar-refractivity contribution in [3.05, 3.63) is 24.3 Å². The Morgan fingerprint density at radius 3 is 2.52 bits per heavy atom. The standard InChI is InChI=1S/C14H21N3O3S/c1-10(2)16-21(19,20)13-7-5-4-6-11(13)15-12-8-9-17(3)14(12)18/h4-7,10,12,15-16H,8-9H2,1-3H3. The number of likely N-dealkylation sites (tertiary alicyclic amines) is 1. The quantitative estimate of drug-likeness (QED) is 0.851. The number of carbonyl (C=O) groups is 1. The van der Waals surface area contributed by atoms with E-state index in [0.717, 1.165) is 0 Å². The number of rotatable bonds is 5. The van der Waals surface area contributed by atoms with Crippen molar-refractivity contribution in [3.63, 3.8) is 0 Å². The van der Waals surface area contributed by atoms with Crippen LogP contribution in [-0.2, 0) is 14.8 Å². The van der Waals surface area contributed by atoms with Crippen LogP contribution in [0.4, 0.5) is 5.69 Å². The number of amides is 1. The van der Waals surface area contributed by atoms with Gasteiger partial charge in [0, 0.05) is 19.6 Å². The van der Waals surface area contributed by atoms with Crippen molar-refractivity contribution in [2.24, 2.45) is 0 Å². The van der Waals surface area contributed by atoms with Gasteiger partial charge in [-0.3, -0.25) is 4.79 Å². The molecule has 6 nitrogen and oxygen atoms in total. The number of likely N-dealkylation sites (N-methyl/N-ethyl adjacent to an activating group) is 1. The molecule has 116 valence electrons. The molecule has 2 rings (SSSR count). The lowest BCUT2D eigenvalue weighted by molar-refractivity contribution is -0.127. The van der Waals surface area contributed by atoms with Crippen LogP contribution in [0.15, 0.2) is 29.2 Å². The minimum atomic E-state index is -3.60. The lowest BCUT2D eigenvalue weighted by Crippen LogP contribution is -2.33. The van der Waals surface area contributed by atoms with Crippen molar-refractivity contribution in [1.29, 1.82) is 0 Å². The maximum absolute atomic E-state index is 12.3. The highest BCUT2D eigenvalue weighted by Crippen LogP contribution is 2.24. The van der Waals surface area contributed by atoms with E-state index in [0.29, 0.717) is 18.7 Å². The zero-order valence-electron chi connectivity index (χ0n) is 12.5. The first-order valence-electron chi connectivity index (χ1n) is 6.94. The topological polar surface area (TPSA) is 78.5 Å². The van der Waals surface area contributed by atoms with Crippen molar-refractivity contribution >= 4 is 21.6 Å². The number of nitrogens with zero attached hydrogens (tertiary/aromatic N) is 1. The summed E-state index contributed by atoms with van der Waals surface area (Å²) in [6.45, 7) is 4.21. The average Bonchev–Trinajstić information content (AvgIpc) is 2.70. The Morgan fingerprint density at radius 1 is 1.29 bits per heavy atom. The van der Waals surface area contributed by atoms with E-state index in [2.05, 4.69) is 10.0 Å². The van der Waals surface area contributed by atoms with Gasteiger partial charge in [-0.15, -0.1) is 0 Å². The average molecular weight is 311 g/mol. The fourth-order valence-electron chi connectivity index (χ4n) is 2.34. The predicted molar refractivity (Wildman–Crippen MR) is 81.6 cm³/mol. The van der Waals surface area contributed by atoms with Crippen molar-refractivity contribution in [3.8, 4) is 0 Å². The van der Waals surface area contributed by atoms with Crippen LogP contribution in [0, 0.1) is 0 Å². The molecule has 0 bridgehead atoms. The largest absolute Gasteiger partial charge is 0.373 e. The zero-order chi connectivity index (χ0) is 15.6. The minimum absolute atomic E-state index is 0.0148. The number of nitrogens with one attached hydrogen (secondary N) is 2. The van der Waals surface area contributed by atoms with Crippen molar-refractivity contribution < 1.29 is 13.2 Å². The Kier molecular flexibility index (Phi) is 4.53. The van der Waals surface area contributed by atoms with Crippen LogP contribution in [0.25, 0.3) is 0 Å². The second kappa shape index (κ2) is 6.03. The molecule has 1 aromatic rings. The molecule has 2 N–H and O–H groups in total. The van der Waals surface area contributed by atoms with Gasteiger partial charge in [0.15, 0.2) is 0 Å². The summed E-state index contributed by atoms with van der Waals surface area (Å²) in [5.41, 5.74) is 0.458. The Labute approximate surface area is 125 Å². The summed E-state index contributed by atoms with van der Waals surface area (Å²) in [4.78, 5) is 13.8. The first-order chi connectivity index (χ1) is 9.81. The van der Waals surface area contributed by atoms with E-state index in [1.165, 1.54) is 6.07 Å². The highest BCUT2D eigenvalue weighted by molar-refractivity contribution is 7.89. The summed E-state index contributed by atoms with van der Waals surface area (Å²) < 4.78 is 27.2. The highest BCUT2D eigenvalue weighted by atomic mass is 32.2. The maximum atomic E-state index is 12.3. The number of hydrogen-bond acceptors (Lipinski definition) is 4. The lowest BCUT2D eigenvalue weighted by atomic mass is 10.2. The van der Waals surface area contributed by atoms with Crippen molar-refractivity contribution in [2.75, 3.05) is 18.9 Å². The van der Waals surface area contributed by atoms with E-state index in [-0.39, 0.29) is 22.9 Å². The molecule has 1 atom stereocenters. The molecule has 1 heterocycles. The molecule has 1 amide bonds. The molecule has 0 radical (unpaired) electrons. The monoisotopic (exact) mass is 311 g/mol. The number of sulfonamides is 1. The van der Waals surface area contributed by atoms with Gasteiger partial charge in [0.2, 0.25) is 15.9 Å². The molecule has 1 unspecified atom stereocenters. The van der Waals surface area contributed by atoms with Crippen LogP contribution in [-0.4, -0.2) is 44.9 Å². The van der Waals surface area contributed by atoms with Gasteiger partial charge in [-0.1, -0.05) is 12.1 Å². The van der Waals surface area contributed by atoms with Crippen LogP contribution < -0.4 is 10.0 Å². The van der Waals surface area contributed by atoms with E-state index >= 15 is 0 Å². The third-order valence-electron chi connectivity index (χ3n) is 3.32. The number of benzene rings is 1. The molecule has 0 aromatic heterocycles. The molecule has 21 heavy (non-hydrogen) atoms. The lowest BCUT2D eigenvalue weighted by Gasteiger charge is -2.17. The molecule has 1 aliphatic rings. The number of carbonyl (C=O) groups excluding carboxylic acids is 1. The fraction of sp³-hybridized carbons (Fsp3) is 0.500. The van der Waals surface area contributed by atoms with E-state index in [9.17, 15) is 13.2 Å². The second-order valence-electron chi connectivity index (χ2n) is 5.52. The SMILES string of the molecule is CC(C)NS(=O)(=O)c1ccccc1NC1CCN(C)C1=O. The molecule has 1 saturated heterocycles. The molecule has 1 aromatic carbocycles. The number of hydrogen-bond donors (Lipinski definition) is 2. The molecule has 1 fully saturated rings.